The lowest BCUT2D eigenvalue weighted by Crippen LogP contribution is -2.31. The number of benzene rings is 1. The van der Waals surface area contributed by atoms with Crippen molar-refractivity contribution in [3.8, 4) is 0 Å². The second kappa shape index (κ2) is 3.73. The summed E-state index contributed by atoms with van der Waals surface area (Å²) in [6.45, 7) is 3.92. The number of hydrogen-bond acceptors (Lipinski definition) is 2. The molecule has 1 aliphatic carbocycles. The highest BCUT2D eigenvalue weighted by atomic mass is 32.2. The normalized spacial score (nSPS) is 26.1. The Hall–Kier alpha value is -0.830. The highest BCUT2D eigenvalue weighted by molar-refractivity contribution is 7.73. The van der Waals surface area contributed by atoms with E-state index >= 15 is 0 Å². The number of thiol groups is 1. The molecule has 0 bridgehead atoms. The zero-order valence-electron chi connectivity index (χ0n) is 7.85. The second-order valence-corrected chi connectivity index (χ2v) is 4.97. The Morgan fingerprint density at radius 1 is 1.21 bits per heavy atom. The van der Waals surface area contributed by atoms with E-state index in [0.29, 0.717) is 0 Å². The Balaban J connectivity index is 2.28. The first-order valence-electron chi connectivity index (χ1n) is 4.74. The van der Waals surface area contributed by atoms with Gasteiger partial charge >= 0.3 is 0 Å². The summed E-state index contributed by atoms with van der Waals surface area (Å²) >= 11 is 0. The fraction of sp³-hybridized carbons (Fsp3) is 0.364. The van der Waals surface area contributed by atoms with Crippen molar-refractivity contribution in [2.45, 2.75) is 24.0 Å². The van der Waals surface area contributed by atoms with Gasteiger partial charge in [-0.2, -0.15) is 0 Å². The predicted molar refractivity (Wildman–Crippen MR) is 57.0 cm³/mol. The highest BCUT2D eigenvalue weighted by Crippen LogP contribution is 2.40. The van der Waals surface area contributed by atoms with Crippen LogP contribution in [0.4, 0.5) is 0 Å². The molecule has 14 heavy (non-hydrogen) atoms. The molecule has 0 amide bonds. The summed E-state index contributed by atoms with van der Waals surface area (Å²) in [6, 6.07) is 7.79. The lowest BCUT2D eigenvalue weighted by molar-refractivity contribution is 0.416. The SMILES string of the molecule is [CH2]c1ccccc1C1CCC1[SH](=O)=O. The van der Waals surface area contributed by atoms with E-state index in [1.54, 1.807) is 0 Å². The quantitative estimate of drug-likeness (QED) is 0.753. The lowest BCUT2D eigenvalue weighted by atomic mass is 9.78. The minimum atomic E-state index is -2.28. The summed E-state index contributed by atoms with van der Waals surface area (Å²) in [7, 11) is -2.28. The largest absolute Gasteiger partial charge is 0.232 e. The third-order valence-electron chi connectivity index (χ3n) is 2.96. The standard InChI is InChI=1S/C11H13O2S/c1-8-4-2-3-5-9(8)10-6-7-11(10)14(12)13/h2-5,10-11,14H,1,6-7H2. The molecule has 1 aliphatic rings. The zero-order valence-corrected chi connectivity index (χ0v) is 8.74. The Morgan fingerprint density at radius 2 is 1.93 bits per heavy atom. The van der Waals surface area contributed by atoms with E-state index < -0.39 is 10.7 Å². The summed E-state index contributed by atoms with van der Waals surface area (Å²) < 4.78 is 21.8. The zero-order chi connectivity index (χ0) is 10.1. The molecule has 2 unspecified atom stereocenters. The van der Waals surface area contributed by atoms with E-state index in [9.17, 15) is 8.42 Å². The van der Waals surface area contributed by atoms with E-state index in [0.717, 1.165) is 24.0 Å². The van der Waals surface area contributed by atoms with Gasteiger partial charge < -0.3 is 0 Å². The van der Waals surface area contributed by atoms with E-state index in [-0.39, 0.29) is 11.2 Å². The Bertz CT molecular complexity index is 402. The fourth-order valence-electron chi connectivity index (χ4n) is 1.99. The van der Waals surface area contributed by atoms with Crippen LogP contribution in [0.15, 0.2) is 24.3 Å². The van der Waals surface area contributed by atoms with Gasteiger partial charge in [-0.25, -0.2) is 8.42 Å². The molecule has 3 heteroatoms. The van der Waals surface area contributed by atoms with Crippen molar-refractivity contribution in [1.82, 2.24) is 0 Å². The molecule has 75 valence electrons. The molecular weight excluding hydrogens is 196 g/mol. The van der Waals surface area contributed by atoms with Crippen molar-refractivity contribution < 1.29 is 8.42 Å². The average molecular weight is 209 g/mol. The molecule has 0 heterocycles. The maximum atomic E-state index is 10.9. The van der Waals surface area contributed by atoms with Crippen molar-refractivity contribution in [2.75, 3.05) is 0 Å². The minimum absolute atomic E-state index is 0.159. The molecule has 0 spiro atoms. The van der Waals surface area contributed by atoms with Crippen molar-refractivity contribution in [1.29, 1.82) is 0 Å². The fourth-order valence-corrected chi connectivity index (χ4v) is 2.96. The molecule has 0 N–H and O–H groups in total. The van der Waals surface area contributed by atoms with Crippen molar-refractivity contribution in [2.24, 2.45) is 0 Å². The highest BCUT2D eigenvalue weighted by Gasteiger charge is 2.35. The van der Waals surface area contributed by atoms with Crippen LogP contribution in [0.5, 0.6) is 0 Å². The van der Waals surface area contributed by atoms with Gasteiger partial charge in [0.25, 0.3) is 0 Å². The maximum absolute atomic E-state index is 10.9. The van der Waals surface area contributed by atoms with Crippen LogP contribution in [0.1, 0.15) is 29.9 Å². The van der Waals surface area contributed by atoms with Crippen LogP contribution >= 0.6 is 0 Å². The molecule has 1 saturated carbocycles. The van der Waals surface area contributed by atoms with E-state index in [4.69, 9.17) is 0 Å². The van der Waals surface area contributed by atoms with Crippen LogP contribution in [0.3, 0.4) is 0 Å². The molecule has 2 nitrogen and oxygen atoms in total. The third-order valence-corrected chi connectivity index (χ3v) is 4.12. The van der Waals surface area contributed by atoms with Gasteiger partial charge in [-0.15, -0.1) is 0 Å². The Kier molecular flexibility index (Phi) is 2.59. The molecule has 0 saturated heterocycles. The summed E-state index contributed by atoms with van der Waals surface area (Å²) in [6.07, 6.45) is 1.78. The number of rotatable bonds is 2. The summed E-state index contributed by atoms with van der Waals surface area (Å²) in [5.74, 6) is 0.185. The first-order chi connectivity index (χ1) is 6.70. The molecule has 0 aliphatic heterocycles. The summed E-state index contributed by atoms with van der Waals surface area (Å²) in [5.41, 5.74) is 2.06. The van der Waals surface area contributed by atoms with Crippen LogP contribution in [-0.4, -0.2) is 13.7 Å². The van der Waals surface area contributed by atoms with Crippen molar-refractivity contribution in [3.05, 3.63) is 42.3 Å². The first-order valence-corrected chi connectivity index (χ1v) is 5.99. The van der Waals surface area contributed by atoms with E-state index in [2.05, 4.69) is 6.92 Å². The predicted octanol–water partition coefficient (Wildman–Crippen LogP) is 1.73. The monoisotopic (exact) mass is 209 g/mol. The first kappa shape index (κ1) is 9.71. The maximum Gasteiger partial charge on any atom is 0.143 e. The van der Waals surface area contributed by atoms with Gasteiger partial charge in [0.05, 0.1) is 5.25 Å². The van der Waals surface area contributed by atoms with Crippen LogP contribution in [0.25, 0.3) is 0 Å². The van der Waals surface area contributed by atoms with Crippen molar-refractivity contribution >= 4 is 10.7 Å². The van der Waals surface area contributed by atoms with Gasteiger partial charge in [0.15, 0.2) is 0 Å². The topological polar surface area (TPSA) is 34.1 Å². The van der Waals surface area contributed by atoms with Gasteiger partial charge in [0, 0.05) is 5.92 Å². The molecule has 1 radical (unpaired) electrons. The smallest absolute Gasteiger partial charge is 0.143 e. The molecule has 1 aromatic rings. The Morgan fingerprint density at radius 3 is 2.43 bits per heavy atom. The summed E-state index contributed by atoms with van der Waals surface area (Å²) in [5, 5.41) is -0.159. The second-order valence-electron chi connectivity index (χ2n) is 3.74. The van der Waals surface area contributed by atoms with E-state index in [1.807, 2.05) is 24.3 Å². The lowest BCUT2D eigenvalue weighted by Gasteiger charge is -2.33. The van der Waals surface area contributed by atoms with Crippen LogP contribution in [0, 0.1) is 6.92 Å². The summed E-state index contributed by atoms with van der Waals surface area (Å²) in [4.78, 5) is 0. The average Bonchev–Trinajstić information content (AvgIpc) is 2.05. The Labute approximate surface area is 85.9 Å². The third kappa shape index (κ3) is 1.57. The molecular formula is C11H13O2S. The molecule has 0 aromatic heterocycles. The van der Waals surface area contributed by atoms with Crippen LogP contribution in [0.2, 0.25) is 0 Å². The van der Waals surface area contributed by atoms with Gasteiger partial charge in [0.2, 0.25) is 0 Å². The molecule has 2 atom stereocenters. The molecule has 1 fully saturated rings. The van der Waals surface area contributed by atoms with Gasteiger partial charge in [-0.1, -0.05) is 24.3 Å². The molecule has 1 aromatic carbocycles. The number of hydrogen-bond donors (Lipinski definition) is 1. The van der Waals surface area contributed by atoms with Gasteiger partial charge in [-0.05, 0) is 30.9 Å². The van der Waals surface area contributed by atoms with Gasteiger partial charge in [-0.3, -0.25) is 0 Å². The van der Waals surface area contributed by atoms with Crippen molar-refractivity contribution in [3.63, 3.8) is 0 Å². The van der Waals surface area contributed by atoms with Gasteiger partial charge in [0.1, 0.15) is 10.7 Å². The minimum Gasteiger partial charge on any atom is -0.232 e. The van der Waals surface area contributed by atoms with Crippen LogP contribution < -0.4 is 0 Å². The van der Waals surface area contributed by atoms with E-state index in [1.165, 1.54) is 0 Å². The molecule has 2 rings (SSSR count). The van der Waals surface area contributed by atoms with Crippen LogP contribution in [-0.2, 0) is 10.7 Å².